The van der Waals surface area contributed by atoms with Crippen molar-refractivity contribution in [1.82, 2.24) is 10.3 Å². The van der Waals surface area contributed by atoms with Gasteiger partial charge < -0.3 is 19.5 Å². The molecule has 0 aliphatic rings. The highest BCUT2D eigenvalue weighted by Crippen LogP contribution is 2.36. The molecule has 0 bridgehead atoms. The average Bonchev–Trinajstić information content (AvgIpc) is 2.85. The molecule has 1 heterocycles. The summed E-state index contributed by atoms with van der Waals surface area (Å²) in [5.41, 5.74) is 1.97. The molecule has 2 N–H and O–H groups in total. The number of fused-ring (bicyclic) bond motifs is 1. The molecule has 4 aromatic rings. The van der Waals surface area contributed by atoms with Crippen LogP contribution in [0.15, 0.2) is 79.0 Å². The minimum absolute atomic E-state index is 0.207. The molecular weight excluding hydrogens is 438 g/mol. The predicted octanol–water partition coefficient (Wildman–Crippen LogP) is 5.17. The summed E-state index contributed by atoms with van der Waals surface area (Å²) in [6.07, 6.45) is 1.67. The van der Waals surface area contributed by atoms with E-state index < -0.39 is 0 Å². The Balaban J connectivity index is 1.45. The number of hydrogen-bond acceptors (Lipinski definition) is 6. The number of nitrogens with zero attached hydrogens (tertiary/aromatic N) is 1. The summed E-state index contributed by atoms with van der Waals surface area (Å²) in [6, 6.07) is 21.5. The van der Waals surface area contributed by atoms with Gasteiger partial charge >= 0.3 is 0 Å². The van der Waals surface area contributed by atoms with E-state index in [2.05, 4.69) is 15.6 Å². The maximum Gasteiger partial charge on any atom is 0.257 e. The quantitative estimate of drug-likeness (QED) is 0.385. The number of aromatic nitrogens is 1. The highest BCUT2D eigenvalue weighted by atomic mass is 32.1. The molecule has 0 saturated heterocycles. The summed E-state index contributed by atoms with van der Waals surface area (Å²) in [4.78, 5) is 16.6. The summed E-state index contributed by atoms with van der Waals surface area (Å²) in [5.74, 6) is 2.17. The fourth-order valence-electron chi connectivity index (χ4n) is 3.20. The number of nitrogens with one attached hydrogen (secondary N) is 2. The summed E-state index contributed by atoms with van der Waals surface area (Å²) in [7, 11) is 3.16. The Morgan fingerprint density at radius 3 is 2.27 bits per heavy atom. The van der Waals surface area contributed by atoms with E-state index in [-0.39, 0.29) is 11.0 Å². The van der Waals surface area contributed by atoms with Gasteiger partial charge in [-0.2, -0.15) is 0 Å². The lowest BCUT2D eigenvalue weighted by atomic mass is 10.2. The molecule has 0 unspecified atom stereocenters. The van der Waals surface area contributed by atoms with Crippen LogP contribution in [0.2, 0.25) is 0 Å². The van der Waals surface area contributed by atoms with Gasteiger partial charge in [-0.05, 0) is 60.7 Å². The number of amides is 1. The van der Waals surface area contributed by atoms with Gasteiger partial charge in [0.1, 0.15) is 11.5 Å². The van der Waals surface area contributed by atoms with Crippen LogP contribution in [0.1, 0.15) is 10.4 Å². The lowest BCUT2D eigenvalue weighted by Gasteiger charge is -2.13. The zero-order valence-corrected chi connectivity index (χ0v) is 18.8. The van der Waals surface area contributed by atoms with Crippen molar-refractivity contribution in [2.75, 3.05) is 19.5 Å². The van der Waals surface area contributed by atoms with Gasteiger partial charge in [0.15, 0.2) is 16.6 Å². The number of anilines is 1. The van der Waals surface area contributed by atoms with Gasteiger partial charge in [-0.3, -0.25) is 15.1 Å². The maximum absolute atomic E-state index is 12.2. The smallest absolute Gasteiger partial charge is 0.257 e. The summed E-state index contributed by atoms with van der Waals surface area (Å²) in [6.45, 7) is 0. The number of ether oxygens (including phenoxy) is 3. The number of carbonyl (C=O) groups is 1. The van der Waals surface area contributed by atoms with Crippen molar-refractivity contribution >= 4 is 39.8 Å². The van der Waals surface area contributed by atoms with E-state index in [0.29, 0.717) is 34.2 Å². The van der Waals surface area contributed by atoms with Crippen molar-refractivity contribution in [2.45, 2.75) is 0 Å². The number of thiocarbonyl (C=S) groups is 1. The predicted molar refractivity (Wildman–Crippen MR) is 131 cm³/mol. The second-order valence-electron chi connectivity index (χ2n) is 6.93. The summed E-state index contributed by atoms with van der Waals surface area (Å²) in [5, 5.41) is 6.66. The normalized spacial score (nSPS) is 10.4. The largest absolute Gasteiger partial charge is 0.493 e. The van der Waals surface area contributed by atoms with Crippen LogP contribution in [0.5, 0.6) is 23.0 Å². The second-order valence-corrected chi connectivity index (χ2v) is 7.34. The number of pyridine rings is 1. The minimum atomic E-state index is -0.273. The molecule has 1 aromatic heterocycles. The number of methoxy groups -OCH3 is 2. The Kier molecular flexibility index (Phi) is 6.66. The van der Waals surface area contributed by atoms with Crippen molar-refractivity contribution < 1.29 is 19.0 Å². The molecule has 4 rings (SSSR count). The number of carbonyl (C=O) groups excluding carboxylic acids is 1. The Labute approximate surface area is 196 Å². The summed E-state index contributed by atoms with van der Waals surface area (Å²) >= 11 is 5.24. The number of rotatable bonds is 6. The molecule has 0 aliphatic heterocycles. The van der Waals surface area contributed by atoms with E-state index in [1.807, 2.05) is 24.3 Å². The van der Waals surface area contributed by atoms with Gasteiger partial charge in [-0.25, -0.2) is 0 Å². The molecule has 8 heteroatoms. The van der Waals surface area contributed by atoms with Crippen molar-refractivity contribution in [3.05, 3.63) is 84.6 Å². The Morgan fingerprint density at radius 1 is 0.879 bits per heavy atom. The van der Waals surface area contributed by atoms with Gasteiger partial charge in [0, 0.05) is 28.9 Å². The van der Waals surface area contributed by atoms with Crippen LogP contribution >= 0.6 is 12.2 Å². The first-order chi connectivity index (χ1) is 16.1. The highest BCUT2D eigenvalue weighted by molar-refractivity contribution is 7.80. The zero-order chi connectivity index (χ0) is 23.2. The monoisotopic (exact) mass is 459 g/mol. The van der Waals surface area contributed by atoms with Gasteiger partial charge in [0.25, 0.3) is 5.91 Å². The third-order valence-corrected chi connectivity index (χ3v) is 5.01. The molecule has 7 nitrogen and oxygen atoms in total. The first-order valence-corrected chi connectivity index (χ1v) is 10.4. The lowest BCUT2D eigenvalue weighted by molar-refractivity contribution is 0.0977. The SMILES string of the molecule is COc1cc2nccc(Oc3ccc(NC(=S)NC(=O)c4ccccc4)cc3)c2cc1OC. The standard InChI is InChI=1S/C25H21N3O4S/c1-30-22-14-19-20(15-23(22)31-2)26-13-12-21(19)32-18-10-8-17(9-11-18)27-25(33)28-24(29)16-6-4-3-5-7-16/h3-15H,1-2H3,(H2,27,28,29,33). The molecular formula is C25H21N3O4S. The van der Waals surface area contributed by atoms with Crippen LogP contribution in [0.3, 0.4) is 0 Å². The molecule has 0 spiro atoms. The zero-order valence-electron chi connectivity index (χ0n) is 18.0. The first-order valence-electron chi connectivity index (χ1n) is 10.0. The molecule has 3 aromatic carbocycles. The fraction of sp³-hybridized carbons (Fsp3) is 0.0800. The molecule has 0 radical (unpaired) electrons. The Bertz CT molecular complexity index is 1290. The topological polar surface area (TPSA) is 81.7 Å². The van der Waals surface area contributed by atoms with Crippen LogP contribution in [-0.4, -0.2) is 30.2 Å². The third kappa shape index (κ3) is 5.19. The minimum Gasteiger partial charge on any atom is -0.493 e. The fourth-order valence-corrected chi connectivity index (χ4v) is 3.41. The lowest BCUT2D eigenvalue weighted by Crippen LogP contribution is -2.34. The van der Waals surface area contributed by atoms with Crippen LogP contribution in [0.25, 0.3) is 10.9 Å². The summed E-state index contributed by atoms with van der Waals surface area (Å²) < 4.78 is 16.8. The van der Waals surface area contributed by atoms with Crippen molar-refractivity contribution in [3.8, 4) is 23.0 Å². The molecule has 0 atom stereocenters. The van der Waals surface area contributed by atoms with Gasteiger partial charge in [0.2, 0.25) is 0 Å². The molecule has 0 saturated carbocycles. The van der Waals surface area contributed by atoms with Crippen LogP contribution < -0.4 is 24.8 Å². The van der Waals surface area contributed by atoms with Gasteiger partial charge in [-0.1, -0.05) is 18.2 Å². The molecule has 33 heavy (non-hydrogen) atoms. The van der Waals surface area contributed by atoms with Crippen LogP contribution in [0, 0.1) is 0 Å². The first kappa shape index (κ1) is 22.0. The van der Waals surface area contributed by atoms with E-state index in [0.717, 1.165) is 10.9 Å². The van der Waals surface area contributed by atoms with E-state index in [1.165, 1.54) is 0 Å². The average molecular weight is 460 g/mol. The molecule has 166 valence electrons. The van der Waals surface area contributed by atoms with E-state index in [1.54, 1.807) is 68.9 Å². The highest BCUT2D eigenvalue weighted by Gasteiger charge is 2.12. The van der Waals surface area contributed by atoms with Crippen molar-refractivity contribution in [2.24, 2.45) is 0 Å². The van der Waals surface area contributed by atoms with Crippen LogP contribution in [0.4, 0.5) is 5.69 Å². The maximum atomic E-state index is 12.2. The van der Waals surface area contributed by atoms with Gasteiger partial charge in [-0.15, -0.1) is 0 Å². The molecule has 0 fully saturated rings. The Morgan fingerprint density at radius 2 is 1.58 bits per heavy atom. The van der Waals surface area contributed by atoms with Crippen molar-refractivity contribution in [1.29, 1.82) is 0 Å². The van der Waals surface area contributed by atoms with E-state index in [9.17, 15) is 4.79 Å². The van der Waals surface area contributed by atoms with E-state index >= 15 is 0 Å². The van der Waals surface area contributed by atoms with Crippen molar-refractivity contribution in [3.63, 3.8) is 0 Å². The van der Waals surface area contributed by atoms with Gasteiger partial charge in [0.05, 0.1) is 19.7 Å². The number of hydrogen-bond donors (Lipinski definition) is 2. The third-order valence-electron chi connectivity index (χ3n) is 4.81. The second kappa shape index (κ2) is 9.97. The van der Waals surface area contributed by atoms with Crippen LogP contribution in [-0.2, 0) is 0 Å². The van der Waals surface area contributed by atoms with E-state index in [4.69, 9.17) is 26.4 Å². The molecule has 0 aliphatic carbocycles. The Hall–Kier alpha value is -4.17. The number of benzene rings is 3. The molecule has 1 amide bonds.